The van der Waals surface area contributed by atoms with Gasteiger partial charge in [-0.1, -0.05) is 0 Å². The average Bonchev–Trinajstić information content (AvgIpc) is 2.27. The number of benzene rings is 1. The standard InChI is InChI=1S/C11H9F5O2Se/c1-7(17)18-9(10(12,13)11(14,15)16)19-8-5-3-2-4-6-8/h2-6,9H,1H3. The van der Waals surface area contributed by atoms with Crippen LogP contribution in [0, 0.1) is 0 Å². The number of esters is 1. The second kappa shape index (κ2) is 5.88. The van der Waals surface area contributed by atoms with Crippen LogP contribution in [0.25, 0.3) is 0 Å². The van der Waals surface area contributed by atoms with Gasteiger partial charge in [-0.3, -0.25) is 0 Å². The summed E-state index contributed by atoms with van der Waals surface area (Å²) in [5.41, 5.74) is 0. The fourth-order valence-electron chi connectivity index (χ4n) is 1.08. The molecule has 0 N–H and O–H groups in total. The first kappa shape index (κ1) is 15.9. The molecule has 0 aromatic heterocycles. The van der Waals surface area contributed by atoms with E-state index in [4.69, 9.17) is 0 Å². The summed E-state index contributed by atoms with van der Waals surface area (Å²) in [7, 11) is 0. The van der Waals surface area contributed by atoms with Crippen LogP contribution in [0.1, 0.15) is 6.92 Å². The van der Waals surface area contributed by atoms with E-state index < -0.39 is 38.0 Å². The second-order valence-corrected chi connectivity index (χ2v) is 5.87. The topological polar surface area (TPSA) is 26.3 Å². The van der Waals surface area contributed by atoms with E-state index in [-0.39, 0.29) is 4.46 Å². The van der Waals surface area contributed by atoms with Gasteiger partial charge in [-0.15, -0.1) is 0 Å². The maximum atomic E-state index is 13.3. The SMILES string of the molecule is CC(=O)OC([Se]c1ccccc1)C(F)(F)C(F)(F)F. The van der Waals surface area contributed by atoms with Crippen LogP contribution in [0.15, 0.2) is 30.3 Å². The Morgan fingerprint density at radius 3 is 2.11 bits per heavy atom. The number of hydrogen-bond donors (Lipinski definition) is 0. The van der Waals surface area contributed by atoms with Gasteiger partial charge in [-0.25, -0.2) is 0 Å². The van der Waals surface area contributed by atoms with Gasteiger partial charge in [0.05, 0.1) is 0 Å². The zero-order valence-corrected chi connectivity index (χ0v) is 11.3. The Hall–Kier alpha value is -1.14. The summed E-state index contributed by atoms with van der Waals surface area (Å²) in [5.74, 6) is -6.25. The van der Waals surface area contributed by atoms with E-state index in [9.17, 15) is 26.7 Å². The number of hydrogen-bond acceptors (Lipinski definition) is 2. The molecule has 1 aromatic carbocycles. The molecule has 0 aliphatic rings. The third-order valence-corrected chi connectivity index (χ3v) is 4.35. The van der Waals surface area contributed by atoms with Crippen LogP contribution in [0.2, 0.25) is 0 Å². The van der Waals surface area contributed by atoms with Crippen molar-refractivity contribution in [3.8, 4) is 0 Å². The molecule has 0 aliphatic carbocycles. The Bertz CT molecular complexity index is 432. The molecule has 0 radical (unpaired) electrons. The molecule has 0 spiro atoms. The van der Waals surface area contributed by atoms with Crippen LogP contribution in [0.3, 0.4) is 0 Å². The second-order valence-electron chi connectivity index (χ2n) is 3.49. The fourth-order valence-corrected chi connectivity index (χ4v) is 3.23. The molecule has 0 amide bonds. The summed E-state index contributed by atoms with van der Waals surface area (Å²) in [6.45, 7) is 0.792. The van der Waals surface area contributed by atoms with Crippen molar-refractivity contribution >= 4 is 25.4 Å². The third-order valence-electron chi connectivity index (χ3n) is 1.93. The molecule has 1 aromatic rings. The van der Waals surface area contributed by atoms with Gasteiger partial charge in [-0.05, 0) is 0 Å². The third kappa shape index (κ3) is 4.18. The van der Waals surface area contributed by atoms with Gasteiger partial charge in [0, 0.05) is 0 Å². The summed E-state index contributed by atoms with van der Waals surface area (Å²) in [5, 5.41) is -2.51. The summed E-state index contributed by atoms with van der Waals surface area (Å²) >= 11 is -1.36. The number of carbonyl (C=O) groups excluding carboxylic acids is 1. The van der Waals surface area contributed by atoms with Crippen LogP contribution in [0.5, 0.6) is 0 Å². The van der Waals surface area contributed by atoms with Crippen LogP contribution < -0.4 is 4.46 Å². The summed E-state index contributed by atoms with van der Waals surface area (Å²) in [6.07, 6.45) is -5.76. The van der Waals surface area contributed by atoms with Gasteiger partial charge < -0.3 is 0 Å². The minimum absolute atomic E-state index is 0.283. The van der Waals surface area contributed by atoms with Crippen molar-refractivity contribution in [2.24, 2.45) is 0 Å². The van der Waals surface area contributed by atoms with E-state index in [1.54, 1.807) is 6.07 Å². The first-order chi connectivity index (χ1) is 8.64. The van der Waals surface area contributed by atoms with Crippen LogP contribution in [0.4, 0.5) is 22.0 Å². The summed E-state index contributed by atoms with van der Waals surface area (Å²) in [6, 6.07) is 7.43. The van der Waals surface area contributed by atoms with Crippen molar-refractivity contribution < 1.29 is 31.5 Å². The van der Waals surface area contributed by atoms with E-state index in [1.807, 2.05) is 0 Å². The van der Waals surface area contributed by atoms with Gasteiger partial charge in [0.15, 0.2) is 0 Å². The Morgan fingerprint density at radius 1 is 1.16 bits per heavy atom. The maximum absolute atomic E-state index is 13.3. The Morgan fingerprint density at radius 2 is 1.68 bits per heavy atom. The molecular weight excluding hydrogens is 338 g/mol. The molecule has 0 saturated carbocycles. The summed E-state index contributed by atoms with van der Waals surface area (Å²) < 4.78 is 67.9. The van der Waals surface area contributed by atoms with Crippen molar-refractivity contribution in [3.05, 3.63) is 30.3 Å². The van der Waals surface area contributed by atoms with E-state index in [0.717, 1.165) is 6.92 Å². The molecule has 19 heavy (non-hydrogen) atoms. The zero-order valence-electron chi connectivity index (χ0n) is 9.58. The molecule has 0 heterocycles. The van der Waals surface area contributed by atoms with E-state index >= 15 is 0 Å². The van der Waals surface area contributed by atoms with Crippen molar-refractivity contribution in [1.29, 1.82) is 0 Å². The summed E-state index contributed by atoms with van der Waals surface area (Å²) in [4.78, 5) is 10.7. The molecule has 0 fully saturated rings. The number of carbonyl (C=O) groups is 1. The molecule has 1 unspecified atom stereocenters. The normalized spacial score (nSPS) is 14.0. The Labute approximate surface area is 112 Å². The van der Waals surface area contributed by atoms with Crippen molar-refractivity contribution in [2.75, 3.05) is 0 Å². The van der Waals surface area contributed by atoms with Crippen molar-refractivity contribution in [1.82, 2.24) is 0 Å². The predicted octanol–water partition coefficient (Wildman–Crippen LogP) is 2.10. The van der Waals surface area contributed by atoms with Crippen molar-refractivity contribution in [3.63, 3.8) is 0 Å². The quantitative estimate of drug-likeness (QED) is 0.474. The minimum atomic E-state index is -5.76. The molecule has 8 heteroatoms. The van der Waals surface area contributed by atoms with Gasteiger partial charge in [0.1, 0.15) is 0 Å². The van der Waals surface area contributed by atoms with E-state index in [0.29, 0.717) is 0 Å². The van der Waals surface area contributed by atoms with Crippen molar-refractivity contribution in [2.45, 2.75) is 24.0 Å². The molecular formula is C11H9F5O2Se. The number of ether oxygens (including phenoxy) is 1. The Kier molecular flexibility index (Phi) is 4.92. The molecule has 1 atom stereocenters. The number of halogens is 5. The fraction of sp³-hybridized carbons (Fsp3) is 0.364. The van der Waals surface area contributed by atoms with Crippen LogP contribution in [-0.2, 0) is 9.53 Å². The number of rotatable bonds is 4. The molecule has 0 aliphatic heterocycles. The molecule has 2 nitrogen and oxygen atoms in total. The monoisotopic (exact) mass is 348 g/mol. The van der Waals surface area contributed by atoms with Crippen LogP contribution in [-0.4, -0.2) is 38.0 Å². The van der Waals surface area contributed by atoms with E-state index in [2.05, 4.69) is 4.74 Å². The Balaban J connectivity index is 2.99. The first-order valence-electron chi connectivity index (χ1n) is 4.98. The average molecular weight is 347 g/mol. The molecule has 1 rings (SSSR count). The van der Waals surface area contributed by atoms with Gasteiger partial charge in [0.25, 0.3) is 0 Å². The number of alkyl halides is 5. The molecule has 0 bridgehead atoms. The van der Waals surface area contributed by atoms with Gasteiger partial charge >= 0.3 is 111 Å². The van der Waals surface area contributed by atoms with Crippen LogP contribution >= 0.6 is 0 Å². The zero-order chi connectivity index (χ0) is 14.7. The predicted molar refractivity (Wildman–Crippen MR) is 58.4 cm³/mol. The van der Waals surface area contributed by atoms with Gasteiger partial charge in [-0.2, -0.15) is 0 Å². The van der Waals surface area contributed by atoms with Gasteiger partial charge in [0.2, 0.25) is 0 Å². The molecule has 106 valence electrons. The van der Waals surface area contributed by atoms with E-state index in [1.165, 1.54) is 24.3 Å². The molecule has 0 saturated heterocycles. The first-order valence-corrected chi connectivity index (χ1v) is 6.82.